The summed E-state index contributed by atoms with van der Waals surface area (Å²) in [7, 11) is 0. The Morgan fingerprint density at radius 1 is 0.694 bits per heavy atom. The molecule has 3 aromatic carbocycles. The third-order valence-electron chi connectivity index (χ3n) is 6.23. The number of anilines is 2. The molecule has 3 aromatic heterocycles. The minimum Gasteiger partial charge on any atom is -0.456 e. The fourth-order valence-corrected chi connectivity index (χ4v) is 4.03. The molecular formula is C36H23F3N6O4. The quantitative estimate of drug-likeness (QED) is 0.161. The number of amides is 2. The molecule has 0 unspecified atom stereocenters. The lowest BCUT2D eigenvalue weighted by Crippen LogP contribution is -2.14. The number of pyridine rings is 2. The highest BCUT2D eigenvalue weighted by atomic mass is 19.2. The van der Waals surface area contributed by atoms with Gasteiger partial charge in [0.05, 0.1) is 18.6 Å². The van der Waals surface area contributed by atoms with Gasteiger partial charge in [-0.25, -0.2) is 18.7 Å². The van der Waals surface area contributed by atoms with E-state index in [9.17, 15) is 22.8 Å². The maximum Gasteiger partial charge on any atom is 0.274 e. The normalized spacial score (nSPS) is 10.1. The zero-order chi connectivity index (χ0) is 34.6. The highest BCUT2D eigenvalue weighted by molar-refractivity contribution is 6.04. The van der Waals surface area contributed by atoms with Gasteiger partial charge < -0.3 is 20.1 Å². The number of terminal acetylenes is 1. The summed E-state index contributed by atoms with van der Waals surface area (Å²) in [4.78, 5) is 39.4. The smallest absolute Gasteiger partial charge is 0.274 e. The van der Waals surface area contributed by atoms with Crippen molar-refractivity contribution in [1.29, 1.82) is 0 Å². The second kappa shape index (κ2) is 16.0. The summed E-state index contributed by atoms with van der Waals surface area (Å²) in [6.45, 7) is 0. The van der Waals surface area contributed by atoms with Crippen LogP contribution in [0.2, 0.25) is 0 Å². The molecule has 3 heterocycles. The molecule has 0 aliphatic rings. The van der Waals surface area contributed by atoms with Crippen LogP contribution >= 0.6 is 0 Å². The third-order valence-corrected chi connectivity index (χ3v) is 6.23. The van der Waals surface area contributed by atoms with E-state index in [1.54, 1.807) is 60.9 Å². The van der Waals surface area contributed by atoms with Crippen LogP contribution in [-0.2, 0) is 0 Å². The lowest BCUT2D eigenvalue weighted by molar-refractivity contribution is 0.101. The van der Waals surface area contributed by atoms with Crippen LogP contribution < -0.4 is 20.1 Å². The first-order valence-electron chi connectivity index (χ1n) is 14.2. The zero-order valence-corrected chi connectivity index (χ0v) is 25.2. The fourth-order valence-electron chi connectivity index (χ4n) is 4.03. The summed E-state index contributed by atoms with van der Waals surface area (Å²) in [5, 5.41) is 5.13. The minimum absolute atomic E-state index is 0.0797. The first-order chi connectivity index (χ1) is 23.8. The molecule has 0 bridgehead atoms. The number of rotatable bonds is 8. The molecule has 0 spiro atoms. The summed E-state index contributed by atoms with van der Waals surface area (Å²) in [5.74, 6) is -0.802. The fraction of sp³-hybridized carbons (Fsp3) is 0. The van der Waals surface area contributed by atoms with Gasteiger partial charge in [-0.15, -0.1) is 6.42 Å². The van der Waals surface area contributed by atoms with Crippen molar-refractivity contribution in [3.63, 3.8) is 0 Å². The van der Waals surface area contributed by atoms with Crippen molar-refractivity contribution in [3.8, 4) is 35.3 Å². The van der Waals surface area contributed by atoms with Crippen LogP contribution in [0.3, 0.4) is 0 Å². The summed E-state index contributed by atoms with van der Waals surface area (Å²) in [6, 6.07) is 21.5. The maximum absolute atomic E-state index is 13.9. The van der Waals surface area contributed by atoms with Gasteiger partial charge in [-0.2, -0.15) is 4.39 Å². The van der Waals surface area contributed by atoms with Gasteiger partial charge >= 0.3 is 0 Å². The van der Waals surface area contributed by atoms with Crippen LogP contribution in [0, 0.1) is 29.8 Å². The molecule has 49 heavy (non-hydrogen) atoms. The summed E-state index contributed by atoms with van der Waals surface area (Å²) < 4.78 is 51.6. The number of carbonyl (C=O) groups excluding carboxylic acids is 2. The first-order valence-corrected chi connectivity index (χ1v) is 14.2. The molecule has 0 atom stereocenters. The Kier molecular flexibility index (Phi) is 10.9. The summed E-state index contributed by atoms with van der Waals surface area (Å²) in [5.41, 5.74) is 1.48. The van der Waals surface area contributed by atoms with Gasteiger partial charge in [-0.3, -0.25) is 19.6 Å². The van der Waals surface area contributed by atoms with Crippen molar-refractivity contribution < 1.29 is 32.2 Å². The Morgan fingerprint density at radius 2 is 1.45 bits per heavy atom. The van der Waals surface area contributed by atoms with Gasteiger partial charge in [0.15, 0.2) is 17.3 Å². The number of ether oxygens (including phenoxy) is 2. The molecule has 10 nitrogen and oxygen atoms in total. The lowest BCUT2D eigenvalue weighted by Gasteiger charge is -2.10. The highest BCUT2D eigenvalue weighted by Gasteiger charge is 2.16. The topological polar surface area (TPSA) is 128 Å². The molecule has 13 heteroatoms. The molecule has 0 fully saturated rings. The van der Waals surface area contributed by atoms with E-state index in [1.807, 2.05) is 12.1 Å². The minimum atomic E-state index is -1.24. The third kappa shape index (κ3) is 9.47. The van der Waals surface area contributed by atoms with Crippen molar-refractivity contribution in [1.82, 2.24) is 19.9 Å². The Bertz CT molecular complexity index is 2130. The summed E-state index contributed by atoms with van der Waals surface area (Å²) in [6.07, 6.45) is 13.5. The number of carbonyl (C=O) groups is 2. The molecule has 242 valence electrons. The Labute approximate surface area is 277 Å². The standard InChI is InChI=1S/C20H14N2O2.C16H9F3N4O2/c1-2-15-6-3-7-16(12-15)20(23)22-17-8-4-9-18(13-17)24-19-10-5-11-21-14-19;17-9-1-2-22-13(3-9)16(24)23-10-4-12(18)15(19)14(5-10)25-11-6-20-8-21-7-11/h1,3-14H,(H,22,23);1-8H,(H,23,24). The van der Waals surface area contributed by atoms with E-state index in [2.05, 4.69) is 36.5 Å². The number of nitrogens with one attached hydrogen (secondary N) is 2. The van der Waals surface area contributed by atoms with Gasteiger partial charge in [-0.1, -0.05) is 18.1 Å². The number of hydrogen-bond acceptors (Lipinski definition) is 8. The van der Waals surface area contributed by atoms with E-state index in [0.29, 0.717) is 28.3 Å². The molecule has 0 saturated carbocycles. The Balaban J connectivity index is 0.000000191. The monoisotopic (exact) mass is 660 g/mol. The van der Waals surface area contributed by atoms with Crippen LogP contribution in [0.5, 0.6) is 23.0 Å². The second-order valence-electron chi connectivity index (χ2n) is 9.76. The molecule has 2 N–H and O–H groups in total. The number of nitrogens with zero attached hydrogens (tertiary/aromatic N) is 4. The molecule has 6 aromatic rings. The molecule has 0 aliphatic heterocycles. The van der Waals surface area contributed by atoms with E-state index < -0.39 is 29.1 Å². The van der Waals surface area contributed by atoms with E-state index in [0.717, 1.165) is 30.5 Å². The van der Waals surface area contributed by atoms with E-state index in [-0.39, 0.29) is 23.0 Å². The van der Waals surface area contributed by atoms with Gasteiger partial charge in [0.2, 0.25) is 5.82 Å². The SMILES string of the molecule is C#Cc1cccc(C(=O)Nc2cccc(Oc3cccnc3)c2)c1.O=C(Nc1cc(F)c(F)c(Oc2cncnc2)c1)c1cc(F)ccn1. The van der Waals surface area contributed by atoms with Crippen LogP contribution in [0.25, 0.3) is 0 Å². The van der Waals surface area contributed by atoms with Gasteiger partial charge in [0, 0.05) is 59.2 Å². The zero-order valence-electron chi connectivity index (χ0n) is 25.2. The van der Waals surface area contributed by atoms with Crippen LogP contribution in [0.15, 0.2) is 122 Å². The second-order valence-corrected chi connectivity index (χ2v) is 9.76. The van der Waals surface area contributed by atoms with Gasteiger partial charge in [0.1, 0.15) is 29.3 Å². The van der Waals surface area contributed by atoms with E-state index >= 15 is 0 Å². The Hall–Kier alpha value is -7.07. The van der Waals surface area contributed by atoms with E-state index in [4.69, 9.17) is 15.9 Å². The predicted molar refractivity (Wildman–Crippen MR) is 174 cm³/mol. The first kappa shape index (κ1) is 33.3. The van der Waals surface area contributed by atoms with Crippen molar-refractivity contribution in [3.05, 3.63) is 157 Å². The molecular weight excluding hydrogens is 637 g/mol. The molecule has 0 radical (unpaired) electrons. The van der Waals surface area contributed by atoms with Crippen molar-refractivity contribution in [2.24, 2.45) is 0 Å². The Morgan fingerprint density at radius 3 is 2.20 bits per heavy atom. The molecule has 0 saturated heterocycles. The van der Waals surface area contributed by atoms with Gasteiger partial charge in [-0.05, 0) is 48.5 Å². The molecule has 0 aliphatic carbocycles. The maximum atomic E-state index is 13.9. The lowest BCUT2D eigenvalue weighted by atomic mass is 10.1. The number of benzene rings is 3. The summed E-state index contributed by atoms with van der Waals surface area (Å²) >= 11 is 0. The van der Waals surface area contributed by atoms with Gasteiger partial charge in [0.25, 0.3) is 11.8 Å². The average Bonchev–Trinajstić information content (AvgIpc) is 3.12. The van der Waals surface area contributed by atoms with Crippen LogP contribution in [0.1, 0.15) is 26.4 Å². The number of aromatic nitrogens is 4. The molecule has 2 amide bonds. The predicted octanol–water partition coefficient (Wildman–Crippen LogP) is 7.44. The molecule has 6 rings (SSSR count). The van der Waals surface area contributed by atoms with Crippen LogP contribution in [0.4, 0.5) is 24.5 Å². The highest BCUT2D eigenvalue weighted by Crippen LogP contribution is 2.29. The van der Waals surface area contributed by atoms with Crippen molar-refractivity contribution in [2.45, 2.75) is 0 Å². The van der Waals surface area contributed by atoms with Crippen molar-refractivity contribution in [2.75, 3.05) is 10.6 Å². The largest absolute Gasteiger partial charge is 0.456 e. The number of hydrogen-bond donors (Lipinski definition) is 2. The van der Waals surface area contributed by atoms with Crippen LogP contribution in [-0.4, -0.2) is 31.8 Å². The van der Waals surface area contributed by atoms with E-state index in [1.165, 1.54) is 18.7 Å². The average molecular weight is 661 g/mol. The number of halogens is 3. The van der Waals surface area contributed by atoms with Crippen molar-refractivity contribution >= 4 is 23.2 Å².